The summed E-state index contributed by atoms with van der Waals surface area (Å²) in [5.74, 6) is 0. The van der Waals surface area contributed by atoms with Gasteiger partial charge in [0.25, 0.3) is 0 Å². The van der Waals surface area contributed by atoms with Gasteiger partial charge in [-0.05, 0) is 18.1 Å². The molecular weight excluding hydrogens is 212 g/mol. The number of ether oxygens (including phenoxy) is 1. The Balaban J connectivity index is 2.82. The molecule has 3 nitrogen and oxygen atoms in total. The fourth-order valence-corrected chi connectivity index (χ4v) is 1.78. The number of nitrogens with two attached hydrogens (primary N) is 1. The summed E-state index contributed by atoms with van der Waals surface area (Å²) in [6.45, 7) is 7.84. The van der Waals surface area contributed by atoms with Crippen LogP contribution in [0.25, 0.3) is 0 Å². The highest BCUT2D eigenvalue weighted by atomic mass is 16.5. The predicted octanol–water partition coefficient (Wildman–Crippen LogP) is 2.00. The lowest BCUT2D eigenvalue weighted by molar-refractivity contribution is 0.183. The summed E-state index contributed by atoms with van der Waals surface area (Å²) in [5, 5.41) is 3.40. The molecule has 0 saturated carbocycles. The van der Waals surface area contributed by atoms with Gasteiger partial charge in [-0.25, -0.2) is 0 Å². The number of hydrogen-bond donors (Lipinski definition) is 2. The highest BCUT2D eigenvalue weighted by Crippen LogP contribution is 2.18. The summed E-state index contributed by atoms with van der Waals surface area (Å²) < 4.78 is 5.20. The van der Waals surface area contributed by atoms with Crippen LogP contribution in [0.4, 0.5) is 0 Å². The van der Waals surface area contributed by atoms with Crippen LogP contribution in [0, 0.1) is 0 Å². The van der Waals surface area contributed by atoms with Crippen molar-refractivity contribution in [3.8, 4) is 0 Å². The van der Waals surface area contributed by atoms with Crippen molar-refractivity contribution in [2.45, 2.75) is 19.6 Å². The normalized spacial score (nSPS) is 12.4. The lowest BCUT2D eigenvalue weighted by Crippen LogP contribution is -2.30. The summed E-state index contributed by atoms with van der Waals surface area (Å²) in [6, 6.07) is 8.36. The molecule has 0 fully saturated rings. The van der Waals surface area contributed by atoms with E-state index in [1.807, 2.05) is 19.1 Å². The molecule has 0 radical (unpaired) electrons. The quantitative estimate of drug-likeness (QED) is 0.709. The van der Waals surface area contributed by atoms with E-state index < -0.39 is 0 Å². The van der Waals surface area contributed by atoms with Crippen LogP contribution in [0.15, 0.2) is 36.4 Å². The van der Waals surface area contributed by atoms with E-state index in [4.69, 9.17) is 10.5 Å². The third-order valence-electron chi connectivity index (χ3n) is 2.62. The van der Waals surface area contributed by atoms with Gasteiger partial charge < -0.3 is 15.8 Å². The molecule has 0 bridgehead atoms. The average molecular weight is 234 g/mol. The second-order valence-electron chi connectivity index (χ2n) is 4.26. The zero-order valence-corrected chi connectivity index (χ0v) is 10.7. The minimum Gasteiger partial charge on any atom is -0.380 e. The molecule has 0 aliphatic heterocycles. The van der Waals surface area contributed by atoms with Crippen molar-refractivity contribution in [3.05, 3.63) is 47.5 Å². The Labute approximate surface area is 104 Å². The van der Waals surface area contributed by atoms with E-state index in [1.165, 1.54) is 11.1 Å². The van der Waals surface area contributed by atoms with Crippen LogP contribution in [0.1, 0.15) is 24.1 Å². The molecule has 3 heteroatoms. The van der Waals surface area contributed by atoms with Gasteiger partial charge >= 0.3 is 0 Å². The van der Waals surface area contributed by atoms with Crippen LogP contribution in [-0.2, 0) is 11.3 Å². The molecule has 0 aliphatic carbocycles. The van der Waals surface area contributed by atoms with Crippen molar-refractivity contribution in [1.82, 2.24) is 5.32 Å². The molecule has 17 heavy (non-hydrogen) atoms. The van der Waals surface area contributed by atoms with Gasteiger partial charge in [-0.3, -0.25) is 0 Å². The zero-order chi connectivity index (χ0) is 12.7. The van der Waals surface area contributed by atoms with Crippen LogP contribution in [0.3, 0.4) is 0 Å². The molecule has 0 aliphatic rings. The molecule has 3 N–H and O–H groups in total. The summed E-state index contributed by atoms with van der Waals surface area (Å²) in [4.78, 5) is 0. The molecule has 1 aromatic carbocycles. The molecule has 0 aromatic heterocycles. The lowest BCUT2D eigenvalue weighted by atomic mass is 10.0. The molecule has 0 heterocycles. The maximum atomic E-state index is 5.82. The summed E-state index contributed by atoms with van der Waals surface area (Å²) in [6.07, 6.45) is 0. The van der Waals surface area contributed by atoms with E-state index in [1.54, 1.807) is 7.11 Å². The van der Waals surface area contributed by atoms with Crippen molar-refractivity contribution in [1.29, 1.82) is 0 Å². The topological polar surface area (TPSA) is 47.3 Å². The summed E-state index contributed by atoms with van der Waals surface area (Å²) in [5.41, 5.74) is 9.31. The van der Waals surface area contributed by atoms with E-state index >= 15 is 0 Å². The number of hydrogen-bond acceptors (Lipinski definition) is 3. The first-order chi connectivity index (χ1) is 8.19. The standard InChI is InChI=1S/C14H22N2O/c1-11(2)9-16-14(8-15)13-7-5-4-6-12(13)10-17-3/h4-7,14,16H,1,8-10,15H2,2-3H3. The highest BCUT2D eigenvalue weighted by molar-refractivity contribution is 5.30. The zero-order valence-electron chi connectivity index (χ0n) is 10.7. The first kappa shape index (κ1) is 13.9. The Hall–Kier alpha value is -1.16. The molecule has 1 atom stereocenters. The monoisotopic (exact) mass is 234 g/mol. The largest absolute Gasteiger partial charge is 0.380 e. The first-order valence-corrected chi connectivity index (χ1v) is 5.83. The highest BCUT2D eigenvalue weighted by Gasteiger charge is 2.12. The summed E-state index contributed by atoms with van der Waals surface area (Å²) in [7, 11) is 1.70. The van der Waals surface area contributed by atoms with Crippen molar-refractivity contribution in [2.75, 3.05) is 20.2 Å². The van der Waals surface area contributed by atoms with Crippen LogP contribution in [0.5, 0.6) is 0 Å². The van der Waals surface area contributed by atoms with E-state index in [-0.39, 0.29) is 6.04 Å². The molecule has 94 valence electrons. The van der Waals surface area contributed by atoms with Crippen molar-refractivity contribution in [3.63, 3.8) is 0 Å². The van der Waals surface area contributed by atoms with E-state index in [0.717, 1.165) is 12.1 Å². The number of rotatable bonds is 7. The first-order valence-electron chi connectivity index (χ1n) is 5.83. The molecule has 0 amide bonds. The van der Waals surface area contributed by atoms with Gasteiger partial charge in [0.1, 0.15) is 0 Å². The van der Waals surface area contributed by atoms with Crippen LogP contribution in [-0.4, -0.2) is 20.2 Å². The number of benzene rings is 1. The van der Waals surface area contributed by atoms with Crippen molar-refractivity contribution < 1.29 is 4.74 Å². The summed E-state index contributed by atoms with van der Waals surface area (Å²) >= 11 is 0. The maximum Gasteiger partial charge on any atom is 0.0716 e. The Bertz CT molecular complexity index is 363. The molecule has 1 rings (SSSR count). The second kappa shape index (κ2) is 7.22. The number of nitrogens with one attached hydrogen (secondary N) is 1. The molecule has 0 saturated heterocycles. The Morgan fingerprint density at radius 2 is 2.18 bits per heavy atom. The van der Waals surface area contributed by atoms with Gasteiger partial charge in [-0.2, -0.15) is 0 Å². The average Bonchev–Trinajstić information content (AvgIpc) is 2.32. The van der Waals surface area contributed by atoms with Crippen LogP contribution >= 0.6 is 0 Å². The van der Waals surface area contributed by atoms with Gasteiger partial charge in [0.05, 0.1) is 6.61 Å². The van der Waals surface area contributed by atoms with Crippen LogP contribution in [0.2, 0.25) is 0 Å². The predicted molar refractivity (Wildman–Crippen MR) is 71.8 cm³/mol. The molecule has 1 unspecified atom stereocenters. The smallest absolute Gasteiger partial charge is 0.0716 e. The molecule has 0 spiro atoms. The van der Waals surface area contributed by atoms with Gasteiger partial charge in [0.15, 0.2) is 0 Å². The number of methoxy groups -OCH3 is 1. The minimum atomic E-state index is 0.151. The van der Waals surface area contributed by atoms with E-state index in [2.05, 4.69) is 24.0 Å². The van der Waals surface area contributed by atoms with Crippen molar-refractivity contribution in [2.24, 2.45) is 5.73 Å². The third kappa shape index (κ3) is 4.30. The SMILES string of the molecule is C=C(C)CNC(CN)c1ccccc1COC. The van der Waals surface area contributed by atoms with Gasteiger partial charge in [-0.15, -0.1) is 0 Å². The Morgan fingerprint density at radius 1 is 1.47 bits per heavy atom. The third-order valence-corrected chi connectivity index (χ3v) is 2.62. The maximum absolute atomic E-state index is 5.82. The van der Waals surface area contributed by atoms with Gasteiger partial charge in [-0.1, -0.05) is 36.4 Å². The lowest BCUT2D eigenvalue weighted by Gasteiger charge is -2.20. The van der Waals surface area contributed by atoms with E-state index in [9.17, 15) is 0 Å². The van der Waals surface area contributed by atoms with E-state index in [0.29, 0.717) is 13.2 Å². The molecule has 1 aromatic rings. The van der Waals surface area contributed by atoms with Gasteiger partial charge in [0.2, 0.25) is 0 Å². The van der Waals surface area contributed by atoms with Crippen molar-refractivity contribution >= 4 is 0 Å². The fraction of sp³-hybridized carbons (Fsp3) is 0.429. The fourth-order valence-electron chi connectivity index (χ4n) is 1.78. The van der Waals surface area contributed by atoms with Crippen LogP contribution < -0.4 is 11.1 Å². The van der Waals surface area contributed by atoms with Gasteiger partial charge in [0, 0.05) is 26.2 Å². The molecular formula is C14H22N2O. The Morgan fingerprint density at radius 3 is 2.76 bits per heavy atom. The Kier molecular flexibility index (Phi) is 5.91. The minimum absolute atomic E-state index is 0.151. The second-order valence-corrected chi connectivity index (χ2v) is 4.26.